The van der Waals surface area contributed by atoms with Crippen LogP contribution in [0.3, 0.4) is 0 Å². The maximum atomic E-state index is 12.9. The lowest BCUT2D eigenvalue weighted by Crippen LogP contribution is -2.40. The first kappa shape index (κ1) is 22.7. The van der Waals surface area contributed by atoms with Gasteiger partial charge in [-0.15, -0.1) is 12.4 Å². The lowest BCUT2D eigenvalue weighted by molar-refractivity contribution is 0.0597. The fourth-order valence-corrected chi connectivity index (χ4v) is 4.45. The van der Waals surface area contributed by atoms with Crippen LogP contribution in [0.2, 0.25) is 0 Å². The monoisotopic (exact) mass is 406 g/mol. The minimum atomic E-state index is -3.61. The number of carbonyl (C=O) groups excluding carboxylic acids is 1. The molecule has 26 heavy (non-hydrogen) atoms. The topological polar surface area (TPSA) is 84.9 Å². The number of methoxy groups -OCH3 is 2. The third-order valence-corrected chi connectivity index (χ3v) is 6.37. The van der Waals surface area contributed by atoms with E-state index < -0.39 is 16.0 Å². The van der Waals surface area contributed by atoms with Gasteiger partial charge >= 0.3 is 5.97 Å². The number of esters is 1. The van der Waals surface area contributed by atoms with Crippen LogP contribution in [0.15, 0.2) is 23.1 Å². The van der Waals surface area contributed by atoms with Crippen molar-refractivity contribution in [3.8, 4) is 5.75 Å². The highest BCUT2D eigenvalue weighted by Gasteiger charge is 2.30. The first-order valence-electron chi connectivity index (χ1n) is 8.41. The Morgan fingerprint density at radius 1 is 1.27 bits per heavy atom. The highest BCUT2D eigenvalue weighted by Crippen LogP contribution is 2.28. The molecule has 1 aliphatic rings. The number of hydrogen-bond donors (Lipinski definition) is 1. The Balaban J connectivity index is 0.00000338. The molecule has 1 fully saturated rings. The van der Waals surface area contributed by atoms with E-state index in [0.717, 1.165) is 25.9 Å². The van der Waals surface area contributed by atoms with Crippen molar-refractivity contribution in [3.63, 3.8) is 0 Å². The van der Waals surface area contributed by atoms with Crippen molar-refractivity contribution in [1.82, 2.24) is 9.62 Å². The summed E-state index contributed by atoms with van der Waals surface area (Å²) in [5.41, 5.74) is 0.202. The van der Waals surface area contributed by atoms with E-state index in [0.29, 0.717) is 19.0 Å². The van der Waals surface area contributed by atoms with Gasteiger partial charge in [-0.1, -0.05) is 6.92 Å². The molecule has 0 aromatic heterocycles. The summed E-state index contributed by atoms with van der Waals surface area (Å²) in [6.07, 6.45) is 1.67. The molecular weight excluding hydrogens is 380 g/mol. The van der Waals surface area contributed by atoms with E-state index in [9.17, 15) is 13.2 Å². The quantitative estimate of drug-likeness (QED) is 0.696. The summed E-state index contributed by atoms with van der Waals surface area (Å²) in [7, 11) is -0.946. The van der Waals surface area contributed by atoms with Gasteiger partial charge in [0.2, 0.25) is 10.0 Å². The summed E-state index contributed by atoms with van der Waals surface area (Å²) in [4.78, 5) is 11.8. The first-order valence-corrected chi connectivity index (χ1v) is 9.85. The minimum Gasteiger partial charge on any atom is -0.496 e. The van der Waals surface area contributed by atoms with Crippen molar-refractivity contribution in [1.29, 1.82) is 0 Å². The number of benzene rings is 1. The zero-order chi connectivity index (χ0) is 18.4. The molecule has 0 radical (unpaired) electrons. The van der Waals surface area contributed by atoms with E-state index in [1.165, 1.54) is 36.7 Å². The summed E-state index contributed by atoms with van der Waals surface area (Å²) < 4.78 is 37.1. The van der Waals surface area contributed by atoms with Crippen molar-refractivity contribution in [2.24, 2.45) is 5.92 Å². The molecule has 1 aromatic carbocycles. The van der Waals surface area contributed by atoms with E-state index in [1.807, 2.05) is 0 Å². The van der Waals surface area contributed by atoms with Crippen molar-refractivity contribution in [2.45, 2.75) is 24.7 Å². The number of nitrogens with zero attached hydrogens (tertiary/aromatic N) is 1. The molecular formula is C17H27ClN2O5S. The number of halogens is 1. The Labute approximate surface area is 161 Å². The third-order valence-electron chi connectivity index (χ3n) is 4.47. The molecule has 0 amide bonds. The Bertz CT molecular complexity index is 703. The van der Waals surface area contributed by atoms with Gasteiger partial charge in [-0.05, 0) is 44.0 Å². The van der Waals surface area contributed by atoms with Crippen molar-refractivity contribution < 1.29 is 22.7 Å². The van der Waals surface area contributed by atoms with Gasteiger partial charge in [-0.2, -0.15) is 4.31 Å². The third kappa shape index (κ3) is 5.09. The van der Waals surface area contributed by atoms with Crippen LogP contribution >= 0.6 is 12.4 Å². The molecule has 1 saturated heterocycles. The fourth-order valence-electron chi connectivity index (χ4n) is 2.96. The Morgan fingerprint density at radius 2 is 1.92 bits per heavy atom. The van der Waals surface area contributed by atoms with Crippen LogP contribution in [0, 0.1) is 5.92 Å². The molecule has 2 rings (SSSR count). The van der Waals surface area contributed by atoms with Crippen LogP contribution < -0.4 is 10.1 Å². The summed E-state index contributed by atoms with van der Waals surface area (Å²) in [5.74, 6) is 0.127. The smallest absolute Gasteiger partial charge is 0.341 e. The number of rotatable bonds is 7. The lowest BCUT2D eigenvalue weighted by atomic mass is 9.98. The second kappa shape index (κ2) is 10.1. The second-order valence-corrected chi connectivity index (χ2v) is 7.95. The lowest BCUT2D eigenvalue weighted by Gasteiger charge is -2.31. The number of nitrogens with one attached hydrogen (secondary N) is 1. The molecule has 0 atom stereocenters. The molecule has 9 heteroatoms. The molecule has 1 N–H and O–H groups in total. The summed E-state index contributed by atoms with van der Waals surface area (Å²) in [5, 5.41) is 3.31. The van der Waals surface area contributed by atoms with Gasteiger partial charge in [0.1, 0.15) is 11.3 Å². The van der Waals surface area contributed by atoms with E-state index in [4.69, 9.17) is 4.74 Å². The van der Waals surface area contributed by atoms with Crippen LogP contribution in [-0.4, -0.2) is 59.1 Å². The Hall–Kier alpha value is -1.35. The minimum absolute atomic E-state index is 0. The van der Waals surface area contributed by atoms with Gasteiger partial charge in [0, 0.05) is 19.2 Å². The normalized spacial score (nSPS) is 16.0. The standard InChI is InChI=1S/C17H26N2O5S.ClH/c1-4-18-12-13-7-9-19(10-8-13)25(21,22)14-5-6-15(17(20)24-3)16(11-14)23-2;/h5-6,11,13,18H,4,7-10,12H2,1-3H3;1H. The van der Waals surface area contributed by atoms with E-state index >= 15 is 0 Å². The summed E-state index contributed by atoms with van der Waals surface area (Å²) in [6, 6.07) is 4.23. The second-order valence-electron chi connectivity index (χ2n) is 6.01. The average molecular weight is 407 g/mol. The van der Waals surface area contributed by atoms with E-state index in [2.05, 4.69) is 17.0 Å². The molecule has 0 unspecified atom stereocenters. The van der Waals surface area contributed by atoms with Crippen LogP contribution in [0.1, 0.15) is 30.1 Å². The molecule has 0 saturated carbocycles. The van der Waals surface area contributed by atoms with Crippen LogP contribution in [0.5, 0.6) is 5.75 Å². The Kier molecular flexibility index (Phi) is 8.82. The van der Waals surface area contributed by atoms with Crippen LogP contribution in [-0.2, 0) is 14.8 Å². The summed E-state index contributed by atoms with van der Waals surface area (Å²) >= 11 is 0. The molecule has 148 valence electrons. The molecule has 7 nitrogen and oxygen atoms in total. The zero-order valence-corrected chi connectivity index (χ0v) is 17.0. The molecule has 1 aromatic rings. The SMILES string of the molecule is CCNCC1CCN(S(=O)(=O)c2ccc(C(=O)OC)c(OC)c2)CC1.Cl. The molecule has 0 bridgehead atoms. The maximum absolute atomic E-state index is 12.9. The van der Waals surface area contributed by atoms with E-state index in [1.54, 1.807) is 0 Å². The predicted octanol–water partition coefficient (Wildman–Crippen LogP) is 1.91. The van der Waals surface area contributed by atoms with Gasteiger partial charge in [0.05, 0.1) is 19.1 Å². The molecule has 0 aliphatic carbocycles. The van der Waals surface area contributed by atoms with Crippen LogP contribution in [0.4, 0.5) is 0 Å². The van der Waals surface area contributed by atoms with Gasteiger partial charge in [0.25, 0.3) is 0 Å². The highest BCUT2D eigenvalue weighted by atomic mass is 35.5. The van der Waals surface area contributed by atoms with Crippen molar-refractivity contribution in [2.75, 3.05) is 40.4 Å². The molecule has 0 spiro atoms. The number of carbonyl (C=O) groups is 1. The first-order chi connectivity index (χ1) is 11.9. The van der Waals surface area contributed by atoms with Crippen molar-refractivity contribution in [3.05, 3.63) is 23.8 Å². The number of ether oxygens (including phenoxy) is 2. The zero-order valence-electron chi connectivity index (χ0n) is 15.4. The fraction of sp³-hybridized carbons (Fsp3) is 0.588. The number of sulfonamides is 1. The Morgan fingerprint density at radius 3 is 2.46 bits per heavy atom. The van der Waals surface area contributed by atoms with Crippen molar-refractivity contribution >= 4 is 28.4 Å². The van der Waals surface area contributed by atoms with Crippen LogP contribution in [0.25, 0.3) is 0 Å². The number of piperidine rings is 1. The van der Waals surface area contributed by atoms with Gasteiger partial charge in [-0.3, -0.25) is 0 Å². The van der Waals surface area contributed by atoms with Gasteiger partial charge in [-0.25, -0.2) is 13.2 Å². The highest BCUT2D eigenvalue weighted by molar-refractivity contribution is 7.89. The van der Waals surface area contributed by atoms with Gasteiger partial charge < -0.3 is 14.8 Å². The molecule has 1 aliphatic heterocycles. The van der Waals surface area contributed by atoms with E-state index in [-0.39, 0.29) is 28.6 Å². The maximum Gasteiger partial charge on any atom is 0.341 e. The predicted molar refractivity (Wildman–Crippen MR) is 102 cm³/mol. The molecule has 1 heterocycles. The average Bonchev–Trinajstić information content (AvgIpc) is 2.65. The van der Waals surface area contributed by atoms with Gasteiger partial charge in [0.15, 0.2) is 0 Å². The summed E-state index contributed by atoms with van der Waals surface area (Å²) in [6.45, 7) is 4.90. The largest absolute Gasteiger partial charge is 0.496 e. The number of hydrogen-bond acceptors (Lipinski definition) is 6.